The lowest BCUT2D eigenvalue weighted by atomic mass is 10.3. The molecule has 3 N–H and O–H groups in total. The molecule has 2 aromatic rings. The van der Waals surface area contributed by atoms with Gasteiger partial charge in [0.05, 0.1) is 5.69 Å². The number of amides is 2. The number of hydrogen-bond acceptors (Lipinski definition) is 3. The molecule has 0 fully saturated rings. The topological polar surface area (TPSA) is 93.3 Å². The molecule has 1 unspecified atom stereocenters. The molecule has 0 saturated heterocycles. The Kier molecular flexibility index (Phi) is 5.47. The zero-order chi connectivity index (χ0) is 16.1. The second kappa shape index (κ2) is 7.34. The van der Waals surface area contributed by atoms with Gasteiger partial charge in [-0.15, -0.1) is 0 Å². The predicted molar refractivity (Wildman–Crippen MR) is 85.7 cm³/mol. The van der Waals surface area contributed by atoms with Crippen molar-refractivity contribution in [3.05, 3.63) is 52.8 Å². The van der Waals surface area contributed by atoms with E-state index in [4.69, 9.17) is 0 Å². The van der Waals surface area contributed by atoms with Crippen molar-refractivity contribution in [2.24, 2.45) is 0 Å². The summed E-state index contributed by atoms with van der Waals surface area (Å²) in [7, 11) is 0. The quantitative estimate of drug-likeness (QED) is 0.702. The number of carbonyl (C=O) groups is 1. The second-order valence-corrected chi connectivity index (χ2v) is 5.71. The SMILES string of the molecule is O=C(Nc1ccc(NS(=O)[O-])cc1)Nc1ccc(Br)cc1F. The molecular weight excluding hydrogens is 377 g/mol. The third-order valence-corrected chi connectivity index (χ3v) is 3.42. The van der Waals surface area contributed by atoms with Crippen molar-refractivity contribution in [3.63, 3.8) is 0 Å². The smallest absolute Gasteiger partial charge is 0.323 e. The molecule has 0 aliphatic heterocycles. The second-order valence-electron chi connectivity index (χ2n) is 4.12. The van der Waals surface area contributed by atoms with E-state index in [1.54, 1.807) is 6.07 Å². The molecule has 1 atom stereocenters. The van der Waals surface area contributed by atoms with Gasteiger partial charge < -0.3 is 19.9 Å². The third-order valence-electron chi connectivity index (χ3n) is 2.52. The fraction of sp³-hybridized carbons (Fsp3) is 0. The van der Waals surface area contributed by atoms with Crippen LogP contribution in [0.25, 0.3) is 0 Å². The Hall–Kier alpha value is -1.97. The van der Waals surface area contributed by atoms with Gasteiger partial charge in [0.25, 0.3) is 0 Å². The van der Waals surface area contributed by atoms with Crippen LogP contribution >= 0.6 is 15.9 Å². The van der Waals surface area contributed by atoms with Gasteiger partial charge in [-0.2, -0.15) is 0 Å². The molecule has 0 bridgehead atoms. The highest BCUT2D eigenvalue weighted by Crippen LogP contribution is 2.20. The van der Waals surface area contributed by atoms with Gasteiger partial charge in [-0.1, -0.05) is 15.9 Å². The minimum absolute atomic E-state index is 0.0424. The van der Waals surface area contributed by atoms with E-state index in [0.29, 0.717) is 15.8 Å². The van der Waals surface area contributed by atoms with Gasteiger partial charge in [-0.3, -0.25) is 4.21 Å². The first-order valence-corrected chi connectivity index (χ1v) is 7.80. The van der Waals surface area contributed by atoms with Crippen molar-refractivity contribution in [2.45, 2.75) is 0 Å². The molecule has 0 radical (unpaired) electrons. The van der Waals surface area contributed by atoms with Crippen LogP contribution in [-0.4, -0.2) is 14.8 Å². The number of benzene rings is 2. The van der Waals surface area contributed by atoms with E-state index in [-0.39, 0.29) is 5.69 Å². The van der Waals surface area contributed by atoms with Crippen LogP contribution in [0.15, 0.2) is 46.9 Å². The van der Waals surface area contributed by atoms with Crippen molar-refractivity contribution in [2.75, 3.05) is 15.4 Å². The average Bonchev–Trinajstić information content (AvgIpc) is 2.43. The van der Waals surface area contributed by atoms with Crippen molar-refractivity contribution >= 4 is 50.3 Å². The van der Waals surface area contributed by atoms with Gasteiger partial charge in [0.1, 0.15) is 5.82 Å². The maximum absolute atomic E-state index is 13.6. The van der Waals surface area contributed by atoms with Crippen LogP contribution in [0.2, 0.25) is 0 Å². The lowest BCUT2D eigenvalue weighted by Gasteiger charge is -2.11. The number of anilines is 3. The lowest BCUT2D eigenvalue weighted by Crippen LogP contribution is -2.20. The largest absolute Gasteiger partial charge is 0.755 e. The molecule has 116 valence electrons. The highest BCUT2D eigenvalue weighted by Gasteiger charge is 2.07. The summed E-state index contributed by atoms with van der Waals surface area (Å²) in [6.07, 6.45) is 0. The highest BCUT2D eigenvalue weighted by atomic mass is 79.9. The van der Waals surface area contributed by atoms with Crippen LogP contribution in [0, 0.1) is 5.82 Å². The number of hydrogen-bond donors (Lipinski definition) is 3. The van der Waals surface area contributed by atoms with Crippen molar-refractivity contribution in [1.29, 1.82) is 0 Å². The molecule has 9 heteroatoms. The average molecular weight is 387 g/mol. The van der Waals surface area contributed by atoms with Crippen LogP contribution in [0.5, 0.6) is 0 Å². The Labute approximate surface area is 136 Å². The van der Waals surface area contributed by atoms with E-state index in [1.165, 1.54) is 36.4 Å². The molecule has 2 amide bonds. The number of nitrogens with one attached hydrogen (secondary N) is 3. The summed E-state index contributed by atoms with van der Waals surface area (Å²) in [6, 6.07) is 9.61. The van der Waals surface area contributed by atoms with Crippen LogP contribution in [-0.2, 0) is 11.3 Å². The molecule has 2 aromatic carbocycles. The molecule has 0 aromatic heterocycles. The molecule has 0 aliphatic rings. The maximum atomic E-state index is 13.6. The van der Waals surface area contributed by atoms with Gasteiger partial charge in [0.15, 0.2) is 0 Å². The van der Waals surface area contributed by atoms with E-state index in [0.717, 1.165) is 0 Å². The van der Waals surface area contributed by atoms with Crippen molar-refractivity contribution in [3.8, 4) is 0 Å². The first kappa shape index (κ1) is 16.4. The molecule has 0 aliphatic carbocycles. The standard InChI is InChI=1S/C13H11BrFN3O3S/c14-8-1-6-12(11(15)7-8)17-13(19)16-9-2-4-10(5-3-9)18-22(20)21/h1-7,18H,(H,20,21)(H2,16,17,19)/p-1. The number of urea groups is 1. The predicted octanol–water partition coefficient (Wildman–Crippen LogP) is 3.44. The van der Waals surface area contributed by atoms with E-state index >= 15 is 0 Å². The molecule has 0 saturated carbocycles. The Bertz CT molecular complexity index is 712. The zero-order valence-corrected chi connectivity index (χ0v) is 13.3. The van der Waals surface area contributed by atoms with Gasteiger partial charge in [-0.05, 0) is 42.5 Å². The summed E-state index contributed by atoms with van der Waals surface area (Å²) >= 11 is 0.712. The molecule has 6 nitrogen and oxygen atoms in total. The summed E-state index contributed by atoms with van der Waals surface area (Å²) in [5.74, 6) is -0.568. The van der Waals surface area contributed by atoms with E-state index in [1.807, 2.05) is 0 Å². The Morgan fingerprint density at radius 2 is 1.73 bits per heavy atom. The van der Waals surface area contributed by atoms with Gasteiger partial charge in [0.2, 0.25) is 0 Å². The van der Waals surface area contributed by atoms with Crippen LogP contribution in [0.4, 0.5) is 26.2 Å². The molecule has 22 heavy (non-hydrogen) atoms. The van der Waals surface area contributed by atoms with Crippen LogP contribution in [0.3, 0.4) is 0 Å². The third kappa shape index (κ3) is 4.79. The lowest BCUT2D eigenvalue weighted by molar-refractivity contribution is 0.262. The Balaban J connectivity index is 1.98. The Morgan fingerprint density at radius 1 is 1.09 bits per heavy atom. The molecule has 0 spiro atoms. The van der Waals surface area contributed by atoms with Gasteiger partial charge in [-0.25, -0.2) is 9.18 Å². The number of carbonyl (C=O) groups excluding carboxylic acids is 1. The van der Waals surface area contributed by atoms with Crippen LogP contribution in [0.1, 0.15) is 0 Å². The first-order chi connectivity index (χ1) is 10.4. The fourth-order valence-electron chi connectivity index (χ4n) is 1.59. The van der Waals surface area contributed by atoms with Gasteiger partial charge >= 0.3 is 6.03 Å². The van der Waals surface area contributed by atoms with Crippen LogP contribution < -0.4 is 15.4 Å². The molecule has 2 rings (SSSR count). The fourth-order valence-corrected chi connectivity index (χ4v) is 2.26. The summed E-state index contributed by atoms with van der Waals surface area (Å²) < 4.78 is 37.2. The van der Waals surface area contributed by atoms with E-state index in [9.17, 15) is 17.9 Å². The minimum Gasteiger partial charge on any atom is -0.755 e. The summed E-state index contributed by atoms with van der Waals surface area (Å²) in [4.78, 5) is 11.8. The highest BCUT2D eigenvalue weighted by molar-refractivity contribution is 9.10. The zero-order valence-electron chi connectivity index (χ0n) is 10.9. The summed E-state index contributed by atoms with van der Waals surface area (Å²) in [5.41, 5.74) is 0.830. The minimum atomic E-state index is -2.41. The van der Waals surface area contributed by atoms with Gasteiger partial charge in [0, 0.05) is 27.1 Å². The number of halogens is 2. The maximum Gasteiger partial charge on any atom is 0.323 e. The molecule has 0 heterocycles. The summed E-state index contributed by atoms with van der Waals surface area (Å²) in [6.45, 7) is 0. The van der Waals surface area contributed by atoms with Crippen molar-refractivity contribution in [1.82, 2.24) is 0 Å². The Morgan fingerprint density at radius 3 is 2.32 bits per heavy atom. The molecular formula is C13H10BrFN3O3S-. The van der Waals surface area contributed by atoms with E-state index in [2.05, 4.69) is 31.3 Å². The summed E-state index contributed by atoms with van der Waals surface area (Å²) in [5, 5.41) is 4.88. The number of rotatable bonds is 4. The van der Waals surface area contributed by atoms with Crippen molar-refractivity contribution < 1.29 is 17.9 Å². The normalized spacial score (nSPS) is 11.6. The monoisotopic (exact) mass is 386 g/mol. The van der Waals surface area contributed by atoms with E-state index < -0.39 is 23.1 Å². The first-order valence-electron chi connectivity index (χ1n) is 5.93.